The van der Waals surface area contributed by atoms with E-state index in [2.05, 4.69) is 9.47 Å². The number of hydrogen-bond donors (Lipinski definition) is 2. The van der Waals surface area contributed by atoms with Gasteiger partial charge in [0.05, 0.1) is 0 Å². The van der Waals surface area contributed by atoms with Crippen LogP contribution in [0.1, 0.15) is 38.5 Å². The molecule has 10 heteroatoms. The highest BCUT2D eigenvalue weighted by Gasteiger charge is 2.66. The third-order valence-corrected chi connectivity index (χ3v) is 5.00. The molecule has 0 spiro atoms. The summed E-state index contributed by atoms with van der Waals surface area (Å²) in [5, 5.41) is 18.0. The van der Waals surface area contributed by atoms with Crippen LogP contribution in [-0.4, -0.2) is 46.0 Å². The SMILES string of the molecule is O=C(O)C1(C(=O)OC(=O)C2(C(=O)OC(=O)C3(C(=O)O)CC3)CC2)CC1. The van der Waals surface area contributed by atoms with E-state index in [0.29, 0.717) is 0 Å². The molecule has 3 rings (SSSR count). The number of carboxylic acid groups (broad SMARTS) is 2. The fraction of sp³-hybridized carbons (Fsp3) is 0.600. The van der Waals surface area contributed by atoms with Crippen LogP contribution in [0.5, 0.6) is 0 Å². The molecule has 3 aliphatic rings. The summed E-state index contributed by atoms with van der Waals surface area (Å²) in [6, 6.07) is 0. The molecule has 0 radical (unpaired) electrons. The normalized spacial score (nSPS) is 22.9. The minimum absolute atomic E-state index is 0.0332. The Morgan fingerprint density at radius 2 is 0.760 bits per heavy atom. The van der Waals surface area contributed by atoms with Crippen LogP contribution in [0.2, 0.25) is 0 Å². The van der Waals surface area contributed by atoms with Gasteiger partial charge in [0.25, 0.3) is 0 Å². The molecule has 0 saturated heterocycles. The van der Waals surface area contributed by atoms with Crippen molar-refractivity contribution in [2.24, 2.45) is 16.2 Å². The zero-order valence-corrected chi connectivity index (χ0v) is 12.9. The third-order valence-electron chi connectivity index (χ3n) is 5.00. The maximum Gasteiger partial charge on any atom is 0.331 e. The summed E-state index contributed by atoms with van der Waals surface area (Å²) in [5.74, 6) is -7.87. The topological polar surface area (TPSA) is 161 Å². The summed E-state index contributed by atoms with van der Waals surface area (Å²) >= 11 is 0. The second-order valence-corrected chi connectivity index (χ2v) is 6.71. The number of rotatable bonds is 6. The standard InChI is InChI=1S/C15H14O10/c16-7(17)13(1-2-13)9(20)24-11(22)15(5-6-15)12(23)25-10(21)14(3-4-14)8(18)19/h1-6H2,(H,16,17)(H,18,19). The average molecular weight is 354 g/mol. The maximum atomic E-state index is 12.1. The van der Waals surface area contributed by atoms with E-state index in [9.17, 15) is 28.8 Å². The van der Waals surface area contributed by atoms with Crippen LogP contribution < -0.4 is 0 Å². The van der Waals surface area contributed by atoms with Gasteiger partial charge in [-0.3, -0.25) is 28.8 Å². The van der Waals surface area contributed by atoms with Gasteiger partial charge in [-0.05, 0) is 38.5 Å². The summed E-state index contributed by atoms with van der Waals surface area (Å²) in [6.45, 7) is 0. The Kier molecular flexibility index (Phi) is 3.48. The Hall–Kier alpha value is -2.78. The van der Waals surface area contributed by atoms with Crippen LogP contribution in [0, 0.1) is 16.2 Å². The van der Waals surface area contributed by atoms with Crippen molar-refractivity contribution >= 4 is 35.8 Å². The van der Waals surface area contributed by atoms with Gasteiger partial charge in [-0.2, -0.15) is 0 Å². The second-order valence-electron chi connectivity index (χ2n) is 6.71. The van der Waals surface area contributed by atoms with E-state index in [0.717, 1.165) is 0 Å². The van der Waals surface area contributed by atoms with E-state index in [-0.39, 0.29) is 38.5 Å². The van der Waals surface area contributed by atoms with Crippen LogP contribution in [0.4, 0.5) is 0 Å². The van der Waals surface area contributed by atoms with Crippen molar-refractivity contribution in [2.75, 3.05) is 0 Å². The van der Waals surface area contributed by atoms with E-state index < -0.39 is 52.1 Å². The quantitative estimate of drug-likeness (QED) is 0.475. The fourth-order valence-electron chi connectivity index (χ4n) is 2.44. The van der Waals surface area contributed by atoms with Crippen molar-refractivity contribution < 1.29 is 48.5 Å². The predicted molar refractivity (Wildman–Crippen MR) is 72.5 cm³/mol. The second kappa shape index (κ2) is 5.11. The van der Waals surface area contributed by atoms with Crippen molar-refractivity contribution in [3.63, 3.8) is 0 Å². The molecule has 0 aromatic carbocycles. The van der Waals surface area contributed by atoms with E-state index in [1.807, 2.05) is 0 Å². The van der Waals surface area contributed by atoms with E-state index in [4.69, 9.17) is 10.2 Å². The molecular weight excluding hydrogens is 340 g/mol. The third kappa shape index (κ3) is 2.48. The highest BCUT2D eigenvalue weighted by Crippen LogP contribution is 2.52. The number of ether oxygens (including phenoxy) is 2. The minimum Gasteiger partial charge on any atom is -0.480 e. The molecule has 25 heavy (non-hydrogen) atoms. The molecule has 0 aromatic rings. The van der Waals surface area contributed by atoms with Gasteiger partial charge >= 0.3 is 35.8 Å². The van der Waals surface area contributed by atoms with Crippen LogP contribution >= 0.6 is 0 Å². The zero-order valence-electron chi connectivity index (χ0n) is 12.9. The first kappa shape index (κ1) is 17.1. The largest absolute Gasteiger partial charge is 0.480 e. The summed E-state index contributed by atoms with van der Waals surface area (Å²) in [6.07, 6.45) is 0.0603. The molecule has 3 saturated carbocycles. The molecule has 134 valence electrons. The number of carboxylic acids is 2. The summed E-state index contributed by atoms with van der Waals surface area (Å²) in [7, 11) is 0. The zero-order chi connectivity index (χ0) is 18.6. The van der Waals surface area contributed by atoms with Gasteiger partial charge in [0.1, 0.15) is 0 Å². The Labute approximate surface area is 140 Å². The molecule has 10 nitrogen and oxygen atoms in total. The number of carbonyl (C=O) groups excluding carboxylic acids is 4. The number of aliphatic carboxylic acids is 2. The van der Waals surface area contributed by atoms with Crippen LogP contribution in [0.15, 0.2) is 0 Å². The Morgan fingerprint density at radius 3 is 0.960 bits per heavy atom. The molecule has 0 aromatic heterocycles. The first-order valence-electron chi connectivity index (χ1n) is 7.61. The van der Waals surface area contributed by atoms with Crippen LogP contribution in [0.3, 0.4) is 0 Å². The fourth-order valence-corrected chi connectivity index (χ4v) is 2.44. The first-order chi connectivity index (χ1) is 11.6. The van der Waals surface area contributed by atoms with Crippen molar-refractivity contribution in [3.05, 3.63) is 0 Å². The maximum absolute atomic E-state index is 12.1. The van der Waals surface area contributed by atoms with Gasteiger partial charge in [0.2, 0.25) is 0 Å². The molecule has 0 amide bonds. The molecule has 3 aliphatic carbocycles. The van der Waals surface area contributed by atoms with Crippen molar-refractivity contribution in [3.8, 4) is 0 Å². The van der Waals surface area contributed by atoms with Gasteiger partial charge in [-0.1, -0.05) is 0 Å². The van der Waals surface area contributed by atoms with Crippen LogP contribution in [0.25, 0.3) is 0 Å². The van der Waals surface area contributed by atoms with Crippen LogP contribution in [-0.2, 0) is 38.2 Å². The number of esters is 4. The smallest absolute Gasteiger partial charge is 0.331 e. The van der Waals surface area contributed by atoms with E-state index >= 15 is 0 Å². The summed E-state index contributed by atoms with van der Waals surface area (Å²) in [4.78, 5) is 69.9. The lowest BCUT2D eigenvalue weighted by molar-refractivity contribution is -0.177. The lowest BCUT2D eigenvalue weighted by Gasteiger charge is -2.15. The number of carbonyl (C=O) groups is 6. The molecule has 0 heterocycles. The van der Waals surface area contributed by atoms with Crippen molar-refractivity contribution in [2.45, 2.75) is 38.5 Å². The predicted octanol–water partition coefficient (Wildman–Crippen LogP) is -0.364. The van der Waals surface area contributed by atoms with E-state index in [1.54, 1.807) is 0 Å². The Bertz CT molecular complexity index is 663. The molecule has 0 atom stereocenters. The molecule has 0 unspecified atom stereocenters. The summed E-state index contributed by atoms with van der Waals surface area (Å²) in [5.41, 5.74) is -5.37. The van der Waals surface area contributed by atoms with Gasteiger partial charge in [0.15, 0.2) is 16.2 Å². The number of hydrogen-bond acceptors (Lipinski definition) is 8. The lowest BCUT2D eigenvalue weighted by atomic mass is 10.1. The molecular formula is C15H14O10. The average Bonchev–Trinajstić information content (AvgIpc) is 3.39. The van der Waals surface area contributed by atoms with Gasteiger partial charge in [-0.15, -0.1) is 0 Å². The molecule has 0 aliphatic heterocycles. The van der Waals surface area contributed by atoms with Gasteiger partial charge in [0, 0.05) is 0 Å². The highest BCUT2D eigenvalue weighted by atomic mass is 16.6. The lowest BCUT2D eigenvalue weighted by Crippen LogP contribution is -2.38. The van der Waals surface area contributed by atoms with Crippen molar-refractivity contribution in [1.29, 1.82) is 0 Å². The summed E-state index contributed by atoms with van der Waals surface area (Å²) < 4.78 is 9.06. The molecule has 0 bridgehead atoms. The van der Waals surface area contributed by atoms with Gasteiger partial charge < -0.3 is 19.7 Å². The Morgan fingerprint density at radius 1 is 0.520 bits per heavy atom. The van der Waals surface area contributed by atoms with Crippen molar-refractivity contribution in [1.82, 2.24) is 0 Å². The Balaban J connectivity index is 1.64. The monoisotopic (exact) mass is 354 g/mol. The molecule has 3 fully saturated rings. The highest BCUT2D eigenvalue weighted by molar-refractivity contribution is 6.13. The molecule has 2 N–H and O–H groups in total. The van der Waals surface area contributed by atoms with Gasteiger partial charge in [-0.25, -0.2) is 0 Å². The van der Waals surface area contributed by atoms with E-state index in [1.165, 1.54) is 0 Å². The minimum atomic E-state index is -1.85. The first-order valence-corrected chi connectivity index (χ1v) is 7.61.